The van der Waals surface area contributed by atoms with Crippen molar-refractivity contribution in [3.63, 3.8) is 0 Å². The third-order valence-corrected chi connectivity index (χ3v) is 6.18. The van der Waals surface area contributed by atoms with Crippen LogP contribution < -0.4 is 15.0 Å². The van der Waals surface area contributed by atoms with E-state index in [1.165, 1.54) is 23.3 Å². The van der Waals surface area contributed by atoms with E-state index in [1.54, 1.807) is 18.2 Å². The number of methoxy groups -OCH3 is 1. The maximum atomic E-state index is 13.3. The summed E-state index contributed by atoms with van der Waals surface area (Å²) >= 11 is 11.9. The highest BCUT2D eigenvalue weighted by molar-refractivity contribution is 7.81. The van der Waals surface area contributed by atoms with Crippen LogP contribution in [0, 0.1) is 0 Å². The minimum atomic E-state index is -0.833. The summed E-state index contributed by atoms with van der Waals surface area (Å²) in [6.07, 6.45) is 0.693. The molecule has 2 amide bonds. The molecule has 162 valence electrons. The summed E-state index contributed by atoms with van der Waals surface area (Å²) < 4.78 is 5.21. The first-order valence-corrected chi connectivity index (χ1v) is 11.6. The first kappa shape index (κ1) is 23.2. The SMILES string of the molecule is COc1ccc(N(C(=O)CS)[C@H](C(=O)NCCc2ccccc2)c2cccs2)cc1Cl. The van der Waals surface area contributed by atoms with Gasteiger partial charge in [-0.1, -0.05) is 48.0 Å². The Kier molecular flexibility index (Phi) is 8.40. The lowest BCUT2D eigenvalue weighted by molar-refractivity contribution is -0.125. The molecule has 0 unspecified atom stereocenters. The lowest BCUT2D eigenvalue weighted by Crippen LogP contribution is -2.44. The van der Waals surface area contributed by atoms with Crippen LogP contribution in [0.3, 0.4) is 0 Å². The number of halogens is 1. The summed E-state index contributed by atoms with van der Waals surface area (Å²) in [5.41, 5.74) is 1.63. The molecule has 0 aliphatic heterocycles. The Balaban J connectivity index is 1.89. The van der Waals surface area contributed by atoms with Gasteiger partial charge in [-0.05, 0) is 41.6 Å². The first-order valence-electron chi connectivity index (χ1n) is 9.66. The molecule has 1 atom stereocenters. The van der Waals surface area contributed by atoms with Crippen molar-refractivity contribution in [1.82, 2.24) is 5.32 Å². The van der Waals surface area contributed by atoms with Gasteiger partial charge in [0.25, 0.3) is 0 Å². The van der Waals surface area contributed by atoms with Crippen LogP contribution in [0.5, 0.6) is 5.75 Å². The maximum absolute atomic E-state index is 13.3. The van der Waals surface area contributed by atoms with Crippen molar-refractivity contribution in [2.75, 3.05) is 24.3 Å². The summed E-state index contributed by atoms with van der Waals surface area (Å²) in [4.78, 5) is 28.4. The van der Waals surface area contributed by atoms with E-state index < -0.39 is 6.04 Å². The number of carbonyl (C=O) groups excluding carboxylic acids is 2. The molecule has 3 rings (SSSR count). The van der Waals surface area contributed by atoms with E-state index in [1.807, 2.05) is 47.8 Å². The standard InChI is InChI=1S/C23H23ClN2O3S2/c1-29-19-10-9-17(14-18(19)24)26(21(27)15-30)22(20-8-5-13-31-20)23(28)25-12-11-16-6-3-2-4-7-16/h2-10,13-14,22,30H,11-12,15H2,1H3,(H,25,28)/t22-/m0/s1. The van der Waals surface area contributed by atoms with Crippen LogP contribution in [0.25, 0.3) is 0 Å². The molecule has 1 heterocycles. The van der Waals surface area contributed by atoms with E-state index >= 15 is 0 Å². The number of ether oxygens (including phenoxy) is 1. The fraction of sp³-hybridized carbons (Fsp3) is 0.217. The van der Waals surface area contributed by atoms with Crippen molar-refractivity contribution < 1.29 is 14.3 Å². The minimum Gasteiger partial charge on any atom is -0.495 e. The van der Waals surface area contributed by atoms with Crippen LogP contribution >= 0.6 is 35.6 Å². The number of amides is 2. The van der Waals surface area contributed by atoms with Crippen molar-refractivity contribution in [1.29, 1.82) is 0 Å². The molecular weight excluding hydrogens is 452 g/mol. The summed E-state index contributed by atoms with van der Waals surface area (Å²) in [5.74, 6) is -0.131. The lowest BCUT2D eigenvalue weighted by Gasteiger charge is -2.30. The number of thiophene rings is 1. The Hall–Kier alpha value is -2.48. The highest BCUT2D eigenvalue weighted by Gasteiger charge is 2.33. The van der Waals surface area contributed by atoms with E-state index in [0.29, 0.717) is 29.4 Å². The lowest BCUT2D eigenvalue weighted by atomic mass is 10.1. The second-order valence-electron chi connectivity index (χ2n) is 6.69. The van der Waals surface area contributed by atoms with E-state index in [2.05, 4.69) is 17.9 Å². The molecule has 1 aromatic heterocycles. The number of hydrogen-bond acceptors (Lipinski definition) is 5. The molecule has 0 bridgehead atoms. The van der Waals surface area contributed by atoms with Crippen molar-refractivity contribution in [3.8, 4) is 5.75 Å². The molecule has 31 heavy (non-hydrogen) atoms. The van der Waals surface area contributed by atoms with E-state index in [4.69, 9.17) is 16.3 Å². The van der Waals surface area contributed by atoms with Gasteiger partial charge in [-0.15, -0.1) is 11.3 Å². The predicted octanol–water partition coefficient (Wildman–Crippen LogP) is 4.77. The zero-order chi connectivity index (χ0) is 22.2. The van der Waals surface area contributed by atoms with Crippen molar-refractivity contribution in [2.45, 2.75) is 12.5 Å². The fourth-order valence-electron chi connectivity index (χ4n) is 3.21. The highest BCUT2D eigenvalue weighted by atomic mass is 35.5. The normalized spacial score (nSPS) is 11.6. The minimum absolute atomic E-state index is 0.0528. The van der Waals surface area contributed by atoms with Gasteiger partial charge < -0.3 is 10.1 Å². The van der Waals surface area contributed by atoms with Gasteiger partial charge in [0.2, 0.25) is 11.8 Å². The summed E-state index contributed by atoms with van der Waals surface area (Å²) in [6, 6.07) is 17.8. The molecule has 1 N–H and O–H groups in total. The predicted molar refractivity (Wildman–Crippen MR) is 130 cm³/mol. The molecule has 0 aliphatic rings. The second kappa shape index (κ2) is 11.2. The highest BCUT2D eigenvalue weighted by Crippen LogP contribution is 2.35. The molecule has 0 saturated heterocycles. The van der Waals surface area contributed by atoms with Gasteiger partial charge in [0.15, 0.2) is 0 Å². The summed E-state index contributed by atoms with van der Waals surface area (Å²) in [6.45, 7) is 0.455. The van der Waals surface area contributed by atoms with Gasteiger partial charge >= 0.3 is 0 Å². The quantitative estimate of drug-likeness (QED) is 0.439. The fourth-order valence-corrected chi connectivity index (χ4v) is 4.43. The zero-order valence-electron chi connectivity index (χ0n) is 17.0. The van der Waals surface area contributed by atoms with Gasteiger partial charge in [-0.25, -0.2) is 0 Å². The number of nitrogens with one attached hydrogen (secondary N) is 1. The van der Waals surface area contributed by atoms with Gasteiger partial charge in [0.1, 0.15) is 11.8 Å². The summed E-state index contributed by atoms with van der Waals surface area (Å²) in [5, 5.41) is 5.21. The number of carbonyl (C=O) groups is 2. The van der Waals surface area contributed by atoms with Crippen LogP contribution in [0.4, 0.5) is 5.69 Å². The molecule has 5 nitrogen and oxygen atoms in total. The average Bonchev–Trinajstić information content (AvgIpc) is 3.31. The topological polar surface area (TPSA) is 58.6 Å². The van der Waals surface area contributed by atoms with Crippen molar-refractivity contribution >= 4 is 53.1 Å². The smallest absolute Gasteiger partial charge is 0.248 e. The number of anilines is 1. The van der Waals surface area contributed by atoms with E-state index in [9.17, 15) is 9.59 Å². The van der Waals surface area contributed by atoms with Crippen LogP contribution in [-0.4, -0.2) is 31.2 Å². The Labute approximate surface area is 196 Å². The van der Waals surface area contributed by atoms with Crippen molar-refractivity contribution in [3.05, 3.63) is 81.5 Å². The maximum Gasteiger partial charge on any atom is 0.248 e. The summed E-state index contributed by atoms with van der Waals surface area (Å²) in [7, 11) is 1.52. The molecular formula is C23H23ClN2O3S2. The molecule has 0 fully saturated rings. The molecule has 8 heteroatoms. The van der Waals surface area contributed by atoms with Crippen LogP contribution in [-0.2, 0) is 16.0 Å². The Morgan fingerprint density at radius 1 is 1.16 bits per heavy atom. The molecule has 0 aliphatic carbocycles. The number of rotatable bonds is 9. The molecule has 0 spiro atoms. The number of hydrogen-bond donors (Lipinski definition) is 2. The van der Waals surface area contributed by atoms with Crippen LogP contribution in [0.2, 0.25) is 5.02 Å². The average molecular weight is 475 g/mol. The third-order valence-electron chi connectivity index (χ3n) is 4.69. The number of thiol groups is 1. The van der Waals surface area contributed by atoms with Gasteiger partial charge in [0.05, 0.1) is 17.9 Å². The zero-order valence-corrected chi connectivity index (χ0v) is 19.4. The van der Waals surface area contributed by atoms with Gasteiger partial charge in [-0.2, -0.15) is 12.6 Å². The van der Waals surface area contributed by atoms with E-state index in [-0.39, 0.29) is 17.6 Å². The number of benzene rings is 2. The van der Waals surface area contributed by atoms with Crippen LogP contribution in [0.15, 0.2) is 66.0 Å². The second-order valence-corrected chi connectivity index (χ2v) is 8.39. The molecule has 0 radical (unpaired) electrons. The Bertz CT molecular complexity index is 1010. The Morgan fingerprint density at radius 3 is 2.55 bits per heavy atom. The first-order chi connectivity index (χ1) is 15.0. The molecule has 2 aromatic carbocycles. The molecule has 0 saturated carbocycles. The van der Waals surface area contributed by atoms with E-state index in [0.717, 1.165) is 10.4 Å². The monoisotopic (exact) mass is 474 g/mol. The Morgan fingerprint density at radius 2 is 1.94 bits per heavy atom. The third kappa shape index (κ3) is 5.81. The van der Waals surface area contributed by atoms with Gasteiger partial charge in [0, 0.05) is 17.1 Å². The largest absolute Gasteiger partial charge is 0.495 e. The molecule has 3 aromatic rings. The number of nitrogens with zero attached hydrogens (tertiary/aromatic N) is 1. The van der Waals surface area contributed by atoms with Gasteiger partial charge in [-0.3, -0.25) is 14.5 Å². The van der Waals surface area contributed by atoms with Crippen molar-refractivity contribution in [2.24, 2.45) is 0 Å². The van der Waals surface area contributed by atoms with Crippen LogP contribution in [0.1, 0.15) is 16.5 Å².